The van der Waals surface area contributed by atoms with Gasteiger partial charge < -0.3 is 31.5 Å². The summed E-state index contributed by atoms with van der Waals surface area (Å²) in [4.78, 5) is 83.1. The van der Waals surface area contributed by atoms with Crippen LogP contribution in [0.2, 0.25) is 0 Å². The van der Waals surface area contributed by atoms with Crippen molar-refractivity contribution in [1.29, 1.82) is 0 Å². The summed E-state index contributed by atoms with van der Waals surface area (Å²) < 4.78 is 5.74. The second-order valence-corrected chi connectivity index (χ2v) is 9.17. The lowest BCUT2D eigenvalue weighted by Gasteiger charge is -2.26. The first-order valence-corrected chi connectivity index (χ1v) is 12.9. The number of hydroxylamine groups is 1. The molecule has 0 bridgehead atoms. The van der Waals surface area contributed by atoms with Crippen LogP contribution < -0.4 is 31.9 Å². The van der Waals surface area contributed by atoms with Crippen molar-refractivity contribution in [2.24, 2.45) is 5.73 Å². The average molecular weight is 604 g/mol. The van der Waals surface area contributed by atoms with E-state index in [4.69, 9.17) is 27.0 Å². The molecular weight excluding hydrogens is 572 g/mol. The zero-order valence-corrected chi connectivity index (χ0v) is 23.0. The number of ether oxygens (including phenoxy) is 1. The molecule has 0 aliphatic carbocycles. The highest BCUT2D eigenvalue weighted by molar-refractivity contribution is 6.01. The van der Waals surface area contributed by atoms with Crippen LogP contribution in [0.3, 0.4) is 0 Å². The molecule has 1 aromatic rings. The molecule has 17 heteroatoms. The normalized spacial score (nSPS) is 20.3. The minimum atomic E-state index is -1.46. The van der Waals surface area contributed by atoms with E-state index >= 15 is 0 Å². The number of carboxylic acids is 1. The van der Waals surface area contributed by atoms with Crippen molar-refractivity contribution in [3.8, 4) is 30.1 Å². The Labute approximate surface area is 245 Å². The molecule has 0 spiro atoms. The number of hydrogen-bond donors (Lipinski definition) is 6. The quantitative estimate of drug-likeness (QED) is 0.0500. The van der Waals surface area contributed by atoms with E-state index in [1.54, 1.807) is 0 Å². The Bertz CT molecular complexity index is 1330. The van der Waals surface area contributed by atoms with Crippen LogP contribution in [0.1, 0.15) is 49.4 Å². The second-order valence-electron chi connectivity index (χ2n) is 9.17. The predicted octanol–water partition coefficient (Wildman–Crippen LogP) is -2.02. The fourth-order valence-corrected chi connectivity index (χ4v) is 3.90. The molecule has 0 radical (unpaired) electrons. The highest BCUT2D eigenvalue weighted by Crippen LogP contribution is 2.26. The molecule has 43 heavy (non-hydrogen) atoms. The number of nitrogens with one attached hydrogen (secondary N) is 3. The standard InChI is InChI=1S/C26H30N6O11/c1-3-4-13-41-43-28-12-6-5-7-18-26(38)31-22(23(27)35)15(2)42-20-10-8-16(32(39)40)14-17(20)24(36)29-19(25(37)30-18)9-11-21(33)34/h1,8,10,14-15,18-19,22,28H,5-7,9,11-12H2,2H3,(H2,27,35)(H,29,36)(H,30,37)(H,31,38)(H,33,34)/p+1/t15?,18-,19-,22+/m0/s1. The van der Waals surface area contributed by atoms with Gasteiger partial charge in [-0.15, -0.1) is 6.42 Å². The molecule has 1 aliphatic heterocycles. The lowest BCUT2D eigenvalue weighted by Crippen LogP contribution is -2.82. The molecule has 1 unspecified atom stereocenters. The average Bonchev–Trinajstić information content (AvgIpc) is 2.95. The maximum atomic E-state index is 13.3. The van der Waals surface area contributed by atoms with Crippen molar-refractivity contribution < 1.29 is 54.1 Å². The summed E-state index contributed by atoms with van der Waals surface area (Å²) in [5.41, 5.74) is 5.96. The van der Waals surface area contributed by atoms with Gasteiger partial charge in [-0.25, -0.2) is 4.89 Å². The molecule has 4 amide bonds. The van der Waals surface area contributed by atoms with E-state index < -0.39 is 70.9 Å². The second kappa shape index (κ2) is 16.8. The third-order valence-corrected chi connectivity index (χ3v) is 6.05. The van der Waals surface area contributed by atoms with Crippen molar-refractivity contribution in [1.82, 2.24) is 16.0 Å². The first-order valence-electron chi connectivity index (χ1n) is 12.9. The first kappa shape index (κ1) is 33.8. The van der Waals surface area contributed by atoms with Gasteiger partial charge in [0.2, 0.25) is 17.7 Å². The maximum absolute atomic E-state index is 13.3. The molecule has 0 aromatic heterocycles. The number of aliphatic carboxylic acids is 1. The number of benzene rings is 1. The predicted molar refractivity (Wildman–Crippen MR) is 144 cm³/mol. The molecule has 1 heterocycles. The molecular formula is C26H31N6O11+. The van der Waals surface area contributed by atoms with Gasteiger partial charge in [-0.2, -0.15) is 5.48 Å². The summed E-state index contributed by atoms with van der Waals surface area (Å²) in [5.74, 6) is -0.948. The van der Waals surface area contributed by atoms with Crippen molar-refractivity contribution in [3.63, 3.8) is 0 Å². The highest BCUT2D eigenvalue weighted by Gasteiger charge is 2.34. The third-order valence-electron chi connectivity index (χ3n) is 6.05. The van der Waals surface area contributed by atoms with Gasteiger partial charge in [0.1, 0.15) is 36.5 Å². The summed E-state index contributed by atoms with van der Waals surface area (Å²) in [5, 5.41) is 27.8. The molecule has 0 fully saturated rings. The lowest BCUT2D eigenvalue weighted by atomic mass is 10.0. The first-order chi connectivity index (χ1) is 20.4. The summed E-state index contributed by atoms with van der Waals surface area (Å²) in [6, 6.07) is -1.07. The molecule has 8 N–H and O–H groups in total. The monoisotopic (exact) mass is 603 g/mol. The van der Waals surface area contributed by atoms with E-state index in [0.717, 1.165) is 18.2 Å². The van der Waals surface area contributed by atoms with E-state index in [2.05, 4.69) is 32.9 Å². The number of unbranched alkanes of at least 4 members (excludes halogenated alkanes) is 1. The van der Waals surface area contributed by atoms with Crippen LogP contribution in [-0.4, -0.2) is 70.4 Å². The summed E-state index contributed by atoms with van der Waals surface area (Å²) in [7, 11) is 0. The number of nitrogens with zero attached hydrogens (tertiary/aromatic N) is 1. The van der Waals surface area contributed by atoms with Crippen molar-refractivity contribution in [2.75, 3.05) is 6.54 Å². The number of non-ortho nitro benzene ring substituents is 1. The van der Waals surface area contributed by atoms with Crippen LogP contribution >= 0.6 is 0 Å². The molecule has 230 valence electrons. The molecule has 2 rings (SSSR count). The van der Waals surface area contributed by atoms with Crippen LogP contribution in [0.15, 0.2) is 18.2 Å². The van der Waals surface area contributed by atoms with Gasteiger partial charge in [0.05, 0.1) is 10.5 Å². The van der Waals surface area contributed by atoms with Gasteiger partial charge in [-0.3, -0.25) is 34.1 Å². The van der Waals surface area contributed by atoms with Crippen LogP contribution in [0.4, 0.5) is 5.69 Å². The molecule has 0 saturated carbocycles. The number of carbonyl (C=O) groups excluding carboxylic acids is 4. The van der Waals surface area contributed by atoms with E-state index in [1.807, 2.05) is 5.92 Å². The number of primary amides is 1. The van der Waals surface area contributed by atoms with Crippen molar-refractivity contribution >= 4 is 35.3 Å². The van der Waals surface area contributed by atoms with E-state index in [9.17, 15) is 34.1 Å². The van der Waals surface area contributed by atoms with Crippen molar-refractivity contribution in [3.05, 3.63) is 33.9 Å². The van der Waals surface area contributed by atoms with E-state index in [1.165, 1.54) is 12.4 Å². The minimum Gasteiger partial charge on any atom is -0.487 e. The number of hydrogen-bond acceptors (Lipinski definition) is 10. The van der Waals surface area contributed by atoms with Crippen molar-refractivity contribution in [2.45, 2.75) is 63.3 Å². The zero-order chi connectivity index (χ0) is 31.9. The Hall–Kier alpha value is -5.39. The van der Waals surface area contributed by atoms with Gasteiger partial charge in [0.25, 0.3) is 11.6 Å². The third kappa shape index (κ3) is 10.8. The Balaban J connectivity index is 2.36. The SMILES string of the molecule is C#CC#COO[NH2+]CCCC[C@@H]1NC(=O)[C@H](CCC(=O)O)NC(=O)c2cc([N+](=O)[O-])ccc2OC(C)[C@H](C(N)=O)NC1=O. The fourth-order valence-electron chi connectivity index (χ4n) is 3.90. The number of nitrogens with two attached hydrogens (primary N) is 2. The topological polar surface area (TPSA) is 255 Å². The number of nitro groups is 1. The number of fused-ring (bicyclic) bond motifs is 1. The lowest BCUT2D eigenvalue weighted by molar-refractivity contribution is -0.960. The number of carbonyl (C=O) groups is 5. The molecule has 0 saturated heterocycles. The zero-order valence-electron chi connectivity index (χ0n) is 23.0. The fraction of sp³-hybridized carbons (Fsp3) is 0.423. The number of amides is 4. The summed E-state index contributed by atoms with van der Waals surface area (Å²) in [6.45, 7) is 1.74. The van der Waals surface area contributed by atoms with Crippen LogP contribution in [0.25, 0.3) is 0 Å². The minimum absolute atomic E-state index is 0.0515. The van der Waals surface area contributed by atoms with Gasteiger partial charge in [-0.1, -0.05) is 0 Å². The number of nitro benzene ring substituents is 1. The number of carboxylic acid groups (broad SMARTS) is 1. The van der Waals surface area contributed by atoms with Gasteiger partial charge in [0, 0.05) is 29.5 Å². The Morgan fingerprint density at radius 1 is 1.16 bits per heavy atom. The van der Waals surface area contributed by atoms with Gasteiger partial charge in [-0.05, 0) is 44.6 Å². The van der Waals surface area contributed by atoms with Crippen LogP contribution in [0, 0.1) is 34.5 Å². The van der Waals surface area contributed by atoms with Gasteiger partial charge in [0.15, 0.2) is 6.11 Å². The van der Waals surface area contributed by atoms with E-state index in [-0.39, 0.29) is 24.2 Å². The maximum Gasteiger partial charge on any atom is 0.303 e. The highest BCUT2D eigenvalue weighted by atomic mass is 17.3. The molecule has 1 aliphatic rings. The molecule has 17 nitrogen and oxygen atoms in total. The van der Waals surface area contributed by atoms with Crippen LogP contribution in [0.5, 0.6) is 5.75 Å². The molecule has 1 aromatic carbocycles. The van der Waals surface area contributed by atoms with Gasteiger partial charge >= 0.3 is 5.97 Å². The Morgan fingerprint density at radius 2 is 1.86 bits per heavy atom. The Kier molecular flexibility index (Phi) is 13.2. The molecule has 4 atom stereocenters. The summed E-state index contributed by atoms with van der Waals surface area (Å²) in [6.07, 6.45) is 5.83. The number of rotatable bonds is 12. The largest absolute Gasteiger partial charge is 0.487 e. The number of terminal acetylenes is 1. The van der Waals surface area contributed by atoms with Crippen LogP contribution in [-0.2, 0) is 29.1 Å². The van der Waals surface area contributed by atoms with E-state index in [0.29, 0.717) is 19.4 Å². The summed E-state index contributed by atoms with van der Waals surface area (Å²) >= 11 is 0. The smallest absolute Gasteiger partial charge is 0.303 e. The number of quaternary nitrogens is 1. The Morgan fingerprint density at radius 3 is 2.51 bits per heavy atom.